The van der Waals surface area contributed by atoms with Crippen molar-refractivity contribution in [1.82, 2.24) is 18.6 Å². The number of fused-ring (bicyclic) bond motifs is 2. The minimum atomic E-state index is -3.32. The minimum absolute atomic E-state index is 0. The molecule has 0 saturated carbocycles. The summed E-state index contributed by atoms with van der Waals surface area (Å²) in [5.41, 5.74) is 1.47. The van der Waals surface area contributed by atoms with E-state index in [2.05, 4.69) is 14.8 Å². The fraction of sp³-hybridized carbons (Fsp3) is 0.459. The van der Waals surface area contributed by atoms with Crippen LogP contribution in [-0.2, 0) is 38.7 Å². The van der Waals surface area contributed by atoms with Gasteiger partial charge in [-0.3, -0.25) is 4.79 Å². The number of amides is 1. The Hall–Kier alpha value is -3.42. The maximum absolute atomic E-state index is 13.4. The van der Waals surface area contributed by atoms with Crippen LogP contribution in [0, 0.1) is 33.0 Å². The topological polar surface area (TPSA) is 171 Å². The van der Waals surface area contributed by atoms with E-state index in [1.54, 1.807) is 50.0 Å². The number of rotatable bonds is 6. The molecule has 18 heteroatoms. The molecule has 0 radical (unpaired) electrons. The molecule has 2 unspecified atom stereocenters. The third kappa shape index (κ3) is 12.8. The Morgan fingerprint density at radius 3 is 1.62 bits per heavy atom. The predicted molar refractivity (Wildman–Crippen MR) is 235 cm³/mol. The highest BCUT2D eigenvalue weighted by atomic mass is 32.2. The second-order valence-corrected chi connectivity index (χ2v) is 15.7. The van der Waals surface area contributed by atoms with Crippen LogP contribution >= 0.6 is 27.0 Å². The van der Waals surface area contributed by atoms with Crippen LogP contribution in [0.2, 0.25) is 0 Å². The summed E-state index contributed by atoms with van der Waals surface area (Å²) in [4.78, 5) is 25.4. The van der Waals surface area contributed by atoms with Crippen molar-refractivity contribution in [2.75, 3.05) is 11.9 Å². The van der Waals surface area contributed by atoms with Gasteiger partial charge in [0, 0.05) is 61.5 Å². The molecule has 0 spiro atoms. The Balaban J connectivity index is -0.000000429. The monoisotopic (exact) mass is 853 g/mol. The van der Waals surface area contributed by atoms with Gasteiger partial charge in [-0.25, -0.2) is 41.0 Å². The molecule has 5 N–H and O–H groups in total. The van der Waals surface area contributed by atoms with Gasteiger partial charge in [-0.1, -0.05) is 89.1 Å². The molecule has 1 amide bonds. The summed E-state index contributed by atoms with van der Waals surface area (Å²) >= 11 is 0. The molecule has 2 aliphatic heterocycles. The first-order chi connectivity index (χ1) is 22.4. The summed E-state index contributed by atoms with van der Waals surface area (Å²) in [6.45, 7) is 9.85. The summed E-state index contributed by atoms with van der Waals surface area (Å²) in [6, 6.07) is 2.59. The number of ether oxygens (including phenoxy) is 1. The molecule has 316 valence electrons. The largest absolute Gasteiger partial charge is 0.461 e. The second-order valence-electron chi connectivity index (χ2n) is 12.1. The molecule has 12 nitrogen and oxygen atoms in total. The van der Waals surface area contributed by atoms with Gasteiger partial charge in [-0.05, 0) is 30.9 Å². The van der Waals surface area contributed by atoms with Crippen LogP contribution in [0.5, 0.6) is 0 Å². The fourth-order valence-corrected chi connectivity index (χ4v) is 8.50. The van der Waals surface area contributed by atoms with E-state index in [4.69, 9.17) is 14.3 Å². The lowest BCUT2D eigenvalue weighted by Gasteiger charge is -2.18. The summed E-state index contributed by atoms with van der Waals surface area (Å²) < 4.78 is 82.1. The summed E-state index contributed by atoms with van der Waals surface area (Å²) in [5.74, 6) is -2.84. The predicted octanol–water partition coefficient (Wildman–Crippen LogP) is 9.09. The van der Waals surface area contributed by atoms with E-state index in [9.17, 15) is 26.8 Å². The summed E-state index contributed by atoms with van der Waals surface area (Å²) in [5, 5.41) is 2.51. The number of anilines is 1. The Morgan fingerprint density at radius 1 is 0.800 bits per heavy atom. The van der Waals surface area contributed by atoms with Gasteiger partial charge >= 0.3 is 5.97 Å². The number of carbonyl (C=O) groups is 2. The number of halogens is 2. The maximum atomic E-state index is 13.4. The molecule has 0 bridgehead atoms. The number of aryl methyl sites for hydroxylation is 2. The molecule has 5 rings (SSSR count). The zero-order valence-electron chi connectivity index (χ0n) is 28.7. The number of aromatic nitrogens is 2. The third-order valence-corrected chi connectivity index (χ3v) is 10.9. The lowest BCUT2D eigenvalue weighted by Crippen LogP contribution is -2.35. The van der Waals surface area contributed by atoms with Crippen LogP contribution in [-0.4, -0.2) is 48.1 Å². The molecule has 3 aromatic rings. The molecule has 1 aromatic carbocycles. The first-order valence-electron chi connectivity index (χ1n) is 15.2. The van der Waals surface area contributed by atoms with Gasteiger partial charge in [0.05, 0.1) is 16.4 Å². The van der Waals surface area contributed by atoms with E-state index in [-0.39, 0.29) is 111 Å². The van der Waals surface area contributed by atoms with Gasteiger partial charge in [-0.2, -0.15) is 27.0 Å². The van der Waals surface area contributed by atoms with E-state index in [0.717, 1.165) is 12.1 Å². The van der Waals surface area contributed by atoms with E-state index < -0.39 is 43.3 Å². The average molecular weight is 854 g/mol. The minimum Gasteiger partial charge on any atom is -0.461 e. The smallest absolute Gasteiger partial charge is 0.355 e. The molecule has 2 aromatic heterocycles. The molecular formula is C37H65F2N7O5S4. The van der Waals surface area contributed by atoms with Gasteiger partial charge in [0.15, 0.2) is 11.6 Å². The van der Waals surface area contributed by atoms with Crippen molar-refractivity contribution >= 4 is 76.5 Å². The van der Waals surface area contributed by atoms with Gasteiger partial charge in [-0.15, -0.1) is 0 Å². The van der Waals surface area contributed by atoms with Gasteiger partial charge in [0.2, 0.25) is 0 Å². The number of esters is 1. The van der Waals surface area contributed by atoms with Gasteiger partial charge in [0.1, 0.15) is 31.2 Å². The molecule has 55 heavy (non-hydrogen) atoms. The number of hydrogen-bond acceptors (Lipinski definition) is 7. The third-order valence-electron chi connectivity index (χ3n) is 7.83. The van der Waals surface area contributed by atoms with Crippen LogP contribution in [0.15, 0.2) is 52.5 Å². The molecule has 0 saturated heterocycles. The summed E-state index contributed by atoms with van der Waals surface area (Å²) in [6.07, 6.45) is 10.1. The van der Waals surface area contributed by atoms with Crippen LogP contribution in [0.3, 0.4) is 0 Å². The first kappa shape index (κ1) is 58.3. The van der Waals surface area contributed by atoms with Crippen molar-refractivity contribution < 1.29 is 31.5 Å². The SMILES string of the molecule is C.C.C.C.C.CC(C)[C@H]1C=Cc2c(cn(C)c2C(=O)Nc2ccc(F)c(F)c2)S(=N)(=O)N1.CCOC(=O)c1c2c(cn1C)S(=N)(=O)N[C@@H](C(C)C)C=C2.S.S. The van der Waals surface area contributed by atoms with Crippen molar-refractivity contribution in [1.29, 1.82) is 9.56 Å². The second kappa shape index (κ2) is 23.0. The van der Waals surface area contributed by atoms with Crippen LogP contribution in [0.4, 0.5) is 14.5 Å². The lowest BCUT2D eigenvalue weighted by molar-refractivity contribution is 0.0514. The Kier molecular flexibility index (Phi) is 24.3. The van der Waals surface area contributed by atoms with Crippen molar-refractivity contribution in [3.8, 4) is 0 Å². The van der Waals surface area contributed by atoms with Crippen molar-refractivity contribution in [3.63, 3.8) is 0 Å². The summed E-state index contributed by atoms with van der Waals surface area (Å²) in [7, 11) is -3.20. The highest BCUT2D eigenvalue weighted by Crippen LogP contribution is 2.30. The molecule has 2 aliphatic rings. The number of benzene rings is 1. The Bertz CT molecular complexity index is 2020. The highest BCUT2D eigenvalue weighted by Gasteiger charge is 2.31. The molecule has 4 heterocycles. The normalized spacial score (nSPS) is 20.1. The maximum Gasteiger partial charge on any atom is 0.355 e. The van der Waals surface area contributed by atoms with Crippen molar-refractivity contribution in [2.45, 2.75) is 93.6 Å². The molecule has 4 atom stereocenters. The molecule has 0 aliphatic carbocycles. The number of nitrogens with one attached hydrogen (secondary N) is 5. The van der Waals surface area contributed by atoms with Gasteiger partial charge < -0.3 is 19.2 Å². The standard InChI is InChI=1S/C18H20F2N4O2S.C14H21N3O3S.5CH4.2H2S/c1-10(2)15-7-5-12-16(27(21,26)23-15)9-24(3)17(12)18(25)22-11-4-6-13(19)14(20)8-11;1-5-20-14(18)13-10-6-7-11(9(2)3)16-21(15,19)12(10)8-17(13)4;;;;;;;/h4-10,15H,1-3H3,(H,22,25)(H2,21,23,26);6-9,11H,5H2,1-4H3,(H2,15,16,19);5*1H4;2*1H2/t15-,27?;11-,21?;;;;;;;/m11......./s1. The lowest BCUT2D eigenvalue weighted by atomic mass is 10.0. The fourth-order valence-electron chi connectivity index (χ4n) is 5.22. The van der Waals surface area contributed by atoms with Crippen LogP contribution < -0.4 is 14.8 Å². The quantitative estimate of drug-likeness (QED) is 0.156. The van der Waals surface area contributed by atoms with Gasteiger partial charge in [0.25, 0.3) is 5.91 Å². The molecule has 0 fully saturated rings. The Labute approximate surface area is 343 Å². The number of nitrogens with zero attached hydrogens (tertiary/aromatic N) is 2. The Morgan fingerprint density at radius 2 is 1.22 bits per heavy atom. The van der Waals surface area contributed by atoms with E-state index >= 15 is 0 Å². The zero-order chi connectivity index (χ0) is 35.7. The first-order valence-corrected chi connectivity index (χ1v) is 18.3. The van der Waals surface area contributed by atoms with Crippen LogP contribution in [0.25, 0.3) is 12.2 Å². The highest BCUT2D eigenvalue weighted by molar-refractivity contribution is 7.91. The number of hydrogen-bond donors (Lipinski definition) is 5. The molecular weight excluding hydrogens is 789 g/mol. The number of carbonyl (C=O) groups excluding carboxylic acids is 2. The zero-order valence-corrected chi connectivity index (χ0v) is 32.4. The van der Waals surface area contributed by atoms with Crippen molar-refractivity contribution in [3.05, 3.63) is 76.9 Å². The van der Waals surface area contributed by atoms with E-state index in [1.165, 1.54) is 16.8 Å². The van der Waals surface area contributed by atoms with E-state index in [0.29, 0.717) is 21.7 Å². The van der Waals surface area contributed by atoms with Crippen LogP contribution in [0.1, 0.15) is 104 Å². The van der Waals surface area contributed by atoms with E-state index in [1.807, 2.05) is 33.8 Å². The van der Waals surface area contributed by atoms with Crippen molar-refractivity contribution in [2.24, 2.45) is 25.9 Å². The average Bonchev–Trinajstić information content (AvgIpc) is 3.43.